The molecule has 87 valence electrons. The van der Waals surface area contributed by atoms with Crippen LogP contribution < -0.4 is 10.4 Å². The standard InChI is InChI=1S/C15H16ClSi/c1-12-8-9-13(2)15(10-12)17(11-16)14-6-4-3-5-7-14/h3-10H,11H2,1-2H3. The van der Waals surface area contributed by atoms with Gasteiger partial charge in [-0.05, 0) is 13.8 Å². The molecule has 0 nitrogen and oxygen atoms in total. The molecule has 0 aliphatic carbocycles. The van der Waals surface area contributed by atoms with Crippen molar-refractivity contribution < 1.29 is 0 Å². The van der Waals surface area contributed by atoms with E-state index in [0.29, 0.717) is 0 Å². The molecule has 0 saturated heterocycles. The predicted molar refractivity (Wildman–Crippen MR) is 78.1 cm³/mol. The van der Waals surface area contributed by atoms with Gasteiger partial charge in [0, 0.05) is 5.50 Å². The molecule has 0 aliphatic heterocycles. The summed E-state index contributed by atoms with van der Waals surface area (Å²) in [6, 6.07) is 17.3. The van der Waals surface area contributed by atoms with Gasteiger partial charge in [-0.15, -0.1) is 11.6 Å². The van der Waals surface area contributed by atoms with E-state index >= 15 is 0 Å². The van der Waals surface area contributed by atoms with Crippen molar-refractivity contribution in [1.29, 1.82) is 0 Å². The van der Waals surface area contributed by atoms with E-state index in [-0.39, 0.29) is 0 Å². The van der Waals surface area contributed by atoms with Gasteiger partial charge in [-0.2, -0.15) is 0 Å². The van der Waals surface area contributed by atoms with E-state index in [9.17, 15) is 0 Å². The highest BCUT2D eigenvalue weighted by Gasteiger charge is 2.17. The average Bonchev–Trinajstić information content (AvgIpc) is 2.36. The van der Waals surface area contributed by atoms with Crippen molar-refractivity contribution in [3.8, 4) is 0 Å². The van der Waals surface area contributed by atoms with Crippen molar-refractivity contribution in [3.05, 3.63) is 59.7 Å². The Labute approximate surface area is 110 Å². The maximum Gasteiger partial charge on any atom is 0.136 e. The molecule has 0 atom stereocenters. The zero-order valence-corrected chi connectivity index (χ0v) is 12.0. The van der Waals surface area contributed by atoms with E-state index in [0.717, 1.165) is 5.50 Å². The van der Waals surface area contributed by atoms with Gasteiger partial charge in [-0.1, -0.05) is 70.0 Å². The Kier molecular flexibility index (Phi) is 4.03. The van der Waals surface area contributed by atoms with Crippen molar-refractivity contribution in [1.82, 2.24) is 0 Å². The first-order valence-corrected chi connectivity index (χ1v) is 8.01. The lowest BCUT2D eigenvalue weighted by Crippen LogP contribution is -2.45. The third-order valence-electron chi connectivity index (χ3n) is 2.97. The molecule has 0 N–H and O–H groups in total. The lowest BCUT2D eigenvalue weighted by atomic mass is 10.2. The summed E-state index contributed by atoms with van der Waals surface area (Å²) in [5.41, 5.74) is 3.39. The third-order valence-corrected chi connectivity index (χ3v) is 6.26. The second-order valence-corrected chi connectivity index (χ2v) is 7.44. The number of hydrogen-bond acceptors (Lipinski definition) is 0. The molecule has 0 aliphatic rings. The van der Waals surface area contributed by atoms with Gasteiger partial charge in [-0.25, -0.2) is 0 Å². The van der Waals surface area contributed by atoms with Gasteiger partial charge in [0.15, 0.2) is 0 Å². The Balaban J connectivity index is 2.46. The van der Waals surface area contributed by atoms with Crippen molar-refractivity contribution in [2.45, 2.75) is 13.8 Å². The summed E-state index contributed by atoms with van der Waals surface area (Å²) in [7, 11) is -0.826. The monoisotopic (exact) mass is 259 g/mol. The van der Waals surface area contributed by atoms with Crippen LogP contribution in [0.15, 0.2) is 48.5 Å². The van der Waals surface area contributed by atoms with Crippen molar-refractivity contribution >= 4 is 30.8 Å². The molecule has 0 spiro atoms. The zero-order valence-electron chi connectivity index (χ0n) is 10.2. The van der Waals surface area contributed by atoms with Crippen LogP contribution in [-0.4, -0.2) is 14.3 Å². The van der Waals surface area contributed by atoms with E-state index < -0.39 is 8.80 Å². The van der Waals surface area contributed by atoms with Crippen molar-refractivity contribution in [2.75, 3.05) is 5.50 Å². The minimum Gasteiger partial charge on any atom is -0.130 e. The predicted octanol–water partition coefficient (Wildman–Crippen LogP) is 2.69. The van der Waals surface area contributed by atoms with Crippen LogP contribution in [0, 0.1) is 13.8 Å². The molecule has 0 saturated carbocycles. The van der Waals surface area contributed by atoms with Crippen molar-refractivity contribution in [3.63, 3.8) is 0 Å². The molecule has 2 aromatic carbocycles. The smallest absolute Gasteiger partial charge is 0.130 e. The van der Waals surface area contributed by atoms with Gasteiger partial charge in [0.1, 0.15) is 8.80 Å². The Bertz CT molecular complexity index is 494. The zero-order chi connectivity index (χ0) is 12.3. The van der Waals surface area contributed by atoms with E-state index in [1.54, 1.807) is 0 Å². The van der Waals surface area contributed by atoms with Gasteiger partial charge in [0.05, 0.1) is 0 Å². The topological polar surface area (TPSA) is 0 Å². The summed E-state index contributed by atoms with van der Waals surface area (Å²) in [6.07, 6.45) is 0. The summed E-state index contributed by atoms with van der Waals surface area (Å²) in [5.74, 6) is 0. The number of benzene rings is 2. The highest BCUT2D eigenvalue weighted by Crippen LogP contribution is 2.03. The minimum absolute atomic E-state index is 0.721. The normalized spacial score (nSPS) is 10.8. The molecule has 0 heterocycles. The third kappa shape index (κ3) is 2.79. The molecule has 0 fully saturated rings. The van der Waals surface area contributed by atoms with Gasteiger partial charge in [0.2, 0.25) is 0 Å². The first-order valence-electron chi connectivity index (χ1n) is 5.77. The molecule has 1 radical (unpaired) electrons. The molecule has 2 aromatic rings. The second kappa shape index (κ2) is 5.52. The minimum atomic E-state index is -0.826. The van der Waals surface area contributed by atoms with Crippen LogP contribution >= 0.6 is 11.6 Å². The maximum atomic E-state index is 6.21. The number of halogens is 1. The molecular weight excluding hydrogens is 244 g/mol. The summed E-state index contributed by atoms with van der Waals surface area (Å²) in [5, 5.41) is 2.83. The molecule has 0 aromatic heterocycles. The largest absolute Gasteiger partial charge is 0.136 e. The lowest BCUT2D eigenvalue weighted by molar-refractivity contribution is 1.42. The highest BCUT2D eigenvalue weighted by molar-refractivity contribution is 6.89. The highest BCUT2D eigenvalue weighted by atomic mass is 35.5. The van der Waals surface area contributed by atoms with Crippen LogP contribution in [-0.2, 0) is 0 Å². The number of aryl methyl sites for hydroxylation is 2. The molecule has 0 amide bonds. The Morgan fingerprint density at radius 1 is 1.00 bits per heavy atom. The maximum absolute atomic E-state index is 6.21. The fourth-order valence-electron chi connectivity index (χ4n) is 2.00. The molecule has 17 heavy (non-hydrogen) atoms. The number of rotatable bonds is 3. The van der Waals surface area contributed by atoms with Gasteiger partial charge < -0.3 is 0 Å². The van der Waals surface area contributed by atoms with Crippen LogP contribution in [0.5, 0.6) is 0 Å². The number of hydrogen-bond donors (Lipinski definition) is 0. The van der Waals surface area contributed by atoms with Gasteiger partial charge in [0.25, 0.3) is 0 Å². The molecule has 0 bridgehead atoms. The molecular formula is C15H16ClSi. The summed E-state index contributed by atoms with van der Waals surface area (Å²) >= 11 is 6.21. The molecule has 0 unspecified atom stereocenters. The van der Waals surface area contributed by atoms with Crippen molar-refractivity contribution in [2.24, 2.45) is 0 Å². The van der Waals surface area contributed by atoms with Crippen LogP contribution in [0.4, 0.5) is 0 Å². The van der Waals surface area contributed by atoms with Crippen LogP contribution in [0.25, 0.3) is 0 Å². The molecule has 2 rings (SSSR count). The summed E-state index contributed by atoms with van der Waals surface area (Å²) in [6.45, 7) is 4.32. The van der Waals surface area contributed by atoms with Crippen LogP contribution in [0.1, 0.15) is 11.1 Å². The SMILES string of the molecule is Cc1ccc(C)c([Si](CCl)c2ccccc2)c1. The average molecular weight is 260 g/mol. The summed E-state index contributed by atoms with van der Waals surface area (Å²) in [4.78, 5) is 0. The van der Waals surface area contributed by atoms with Gasteiger partial charge in [-0.3, -0.25) is 0 Å². The summed E-state index contributed by atoms with van der Waals surface area (Å²) < 4.78 is 0. The molecule has 2 heteroatoms. The Hall–Kier alpha value is -1.05. The van der Waals surface area contributed by atoms with E-state index in [1.807, 2.05) is 0 Å². The second-order valence-electron chi connectivity index (χ2n) is 4.30. The first kappa shape index (κ1) is 12.4. The quantitative estimate of drug-likeness (QED) is 0.587. The number of alkyl halides is 1. The fourth-order valence-corrected chi connectivity index (χ4v) is 5.07. The van der Waals surface area contributed by atoms with E-state index in [4.69, 9.17) is 11.6 Å². The first-order chi connectivity index (χ1) is 8.22. The fraction of sp³-hybridized carbons (Fsp3) is 0.200. The Morgan fingerprint density at radius 2 is 1.71 bits per heavy atom. The van der Waals surface area contributed by atoms with Crippen LogP contribution in [0.3, 0.4) is 0 Å². The van der Waals surface area contributed by atoms with Gasteiger partial charge >= 0.3 is 0 Å². The van der Waals surface area contributed by atoms with E-state index in [2.05, 4.69) is 62.4 Å². The Morgan fingerprint density at radius 3 is 2.35 bits per heavy atom. The lowest BCUT2D eigenvalue weighted by Gasteiger charge is -2.16. The van der Waals surface area contributed by atoms with E-state index in [1.165, 1.54) is 21.5 Å². The van der Waals surface area contributed by atoms with Crippen LogP contribution in [0.2, 0.25) is 0 Å².